The lowest BCUT2D eigenvalue weighted by atomic mass is 9.88. The van der Waals surface area contributed by atoms with Crippen molar-refractivity contribution in [3.63, 3.8) is 0 Å². The van der Waals surface area contributed by atoms with Crippen LogP contribution in [0, 0.1) is 27.7 Å². The molecule has 0 spiro atoms. The average Bonchev–Trinajstić information content (AvgIpc) is 2.32. The Morgan fingerprint density at radius 2 is 1.55 bits per heavy atom. The van der Waals surface area contributed by atoms with Crippen LogP contribution in [0.5, 0.6) is 0 Å². The van der Waals surface area contributed by atoms with E-state index in [1.54, 1.807) is 0 Å². The van der Waals surface area contributed by atoms with Gasteiger partial charge in [0.05, 0.1) is 6.42 Å². The van der Waals surface area contributed by atoms with Crippen molar-refractivity contribution in [2.45, 2.75) is 59.7 Å². The van der Waals surface area contributed by atoms with Gasteiger partial charge in [-0.3, -0.25) is 0 Å². The summed E-state index contributed by atoms with van der Waals surface area (Å²) < 4.78 is 38.5. The van der Waals surface area contributed by atoms with Crippen LogP contribution < -0.4 is 5.32 Å². The molecule has 1 nitrogen and oxygen atoms in total. The highest BCUT2D eigenvalue weighted by Gasteiger charge is 2.33. The maximum atomic E-state index is 12.8. The van der Waals surface area contributed by atoms with Gasteiger partial charge in [-0.15, -0.1) is 0 Å². The Balaban J connectivity index is 3.25. The van der Waals surface area contributed by atoms with Crippen LogP contribution in [0.25, 0.3) is 0 Å². The number of hydrogen-bond acceptors (Lipinski definition) is 1. The summed E-state index contributed by atoms with van der Waals surface area (Å²) in [4.78, 5) is 0. The lowest BCUT2D eigenvalue weighted by molar-refractivity contribution is -0.140. The summed E-state index contributed by atoms with van der Waals surface area (Å²) in [6, 6.07) is 1.38. The van der Waals surface area contributed by atoms with E-state index in [0.717, 1.165) is 34.2 Å². The van der Waals surface area contributed by atoms with E-state index >= 15 is 0 Å². The maximum Gasteiger partial charge on any atom is 0.390 e. The minimum atomic E-state index is -4.16. The molecule has 114 valence electrons. The SMILES string of the molecule is CCCNC(CC(F)(F)F)c1c(C)c(C)cc(C)c1C. The largest absolute Gasteiger partial charge is 0.390 e. The second kappa shape index (κ2) is 6.61. The molecule has 0 aliphatic heterocycles. The van der Waals surface area contributed by atoms with E-state index in [4.69, 9.17) is 0 Å². The van der Waals surface area contributed by atoms with E-state index in [1.165, 1.54) is 0 Å². The van der Waals surface area contributed by atoms with Crippen LogP contribution in [-0.4, -0.2) is 12.7 Å². The number of rotatable bonds is 5. The molecular weight excluding hydrogens is 263 g/mol. The van der Waals surface area contributed by atoms with Gasteiger partial charge in [0.2, 0.25) is 0 Å². The minimum absolute atomic E-state index is 0.590. The topological polar surface area (TPSA) is 12.0 Å². The predicted octanol–water partition coefficient (Wildman–Crippen LogP) is 4.91. The monoisotopic (exact) mass is 287 g/mol. The number of hydrogen-bond donors (Lipinski definition) is 1. The van der Waals surface area contributed by atoms with Gasteiger partial charge in [0.1, 0.15) is 0 Å². The van der Waals surface area contributed by atoms with Crippen LogP contribution in [0.4, 0.5) is 13.2 Å². The van der Waals surface area contributed by atoms with E-state index in [0.29, 0.717) is 6.54 Å². The number of nitrogens with one attached hydrogen (secondary N) is 1. The average molecular weight is 287 g/mol. The van der Waals surface area contributed by atoms with Crippen LogP contribution in [0.3, 0.4) is 0 Å². The first-order chi connectivity index (χ1) is 9.17. The Bertz CT molecular complexity index is 438. The molecule has 0 aliphatic carbocycles. The summed E-state index contributed by atoms with van der Waals surface area (Å²) in [7, 11) is 0. The quantitative estimate of drug-likeness (QED) is 0.811. The zero-order valence-electron chi connectivity index (χ0n) is 12.9. The summed E-state index contributed by atoms with van der Waals surface area (Å²) in [5.74, 6) is 0. The Hall–Kier alpha value is -1.03. The highest BCUT2D eigenvalue weighted by molar-refractivity contribution is 5.45. The number of aryl methyl sites for hydroxylation is 2. The first-order valence-corrected chi connectivity index (χ1v) is 7.04. The molecule has 1 aromatic carbocycles. The van der Waals surface area contributed by atoms with Crippen LogP contribution in [0.15, 0.2) is 6.07 Å². The fourth-order valence-corrected chi connectivity index (χ4v) is 2.60. The molecule has 0 aliphatic rings. The van der Waals surface area contributed by atoms with E-state index in [9.17, 15) is 13.2 Å². The summed E-state index contributed by atoms with van der Waals surface area (Å²) in [6.45, 7) is 10.3. The smallest absolute Gasteiger partial charge is 0.310 e. The van der Waals surface area contributed by atoms with Gasteiger partial charge in [-0.2, -0.15) is 13.2 Å². The second-order valence-electron chi connectivity index (χ2n) is 5.50. The van der Waals surface area contributed by atoms with E-state index in [1.807, 2.05) is 40.7 Å². The van der Waals surface area contributed by atoms with Gasteiger partial charge in [0, 0.05) is 6.04 Å². The van der Waals surface area contributed by atoms with E-state index in [-0.39, 0.29) is 0 Å². The van der Waals surface area contributed by atoms with Crippen molar-refractivity contribution in [3.05, 3.63) is 33.9 Å². The third kappa shape index (κ3) is 4.23. The molecule has 20 heavy (non-hydrogen) atoms. The van der Waals surface area contributed by atoms with E-state index in [2.05, 4.69) is 5.32 Å². The van der Waals surface area contributed by atoms with Gasteiger partial charge in [-0.25, -0.2) is 0 Å². The van der Waals surface area contributed by atoms with Crippen LogP contribution in [-0.2, 0) is 0 Å². The fourth-order valence-electron chi connectivity index (χ4n) is 2.60. The highest BCUT2D eigenvalue weighted by atomic mass is 19.4. The van der Waals surface area contributed by atoms with Gasteiger partial charge < -0.3 is 5.32 Å². The summed E-state index contributed by atoms with van der Waals surface area (Å²) >= 11 is 0. The Kier molecular flexibility index (Phi) is 5.63. The molecule has 0 radical (unpaired) electrons. The van der Waals surface area contributed by atoms with Gasteiger partial charge >= 0.3 is 6.18 Å². The van der Waals surface area contributed by atoms with Crippen molar-refractivity contribution in [3.8, 4) is 0 Å². The molecule has 0 saturated carbocycles. The van der Waals surface area contributed by atoms with Crippen molar-refractivity contribution >= 4 is 0 Å². The molecule has 1 atom stereocenters. The first-order valence-electron chi connectivity index (χ1n) is 7.04. The van der Waals surface area contributed by atoms with Gasteiger partial charge in [0.25, 0.3) is 0 Å². The van der Waals surface area contributed by atoms with E-state index < -0.39 is 18.6 Å². The molecule has 1 N–H and O–H groups in total. The summed E-state index contributed by atoms with van der Waals surface area (Å²) in [5.41, 5.74) is 4.84. The third-order valence-electron chi connectivity index (χ3n) is 3.85. The molecule has 4 heteroatoms. The number of alkyl halides is 3. The Labute approximate surface area is 119 Å². The van der Waals surface area contributed by atoms with Gasteiger partial charge in [-0.1, -0.05) is 13.0 Å². The molecule has 0 aromatic heterocycles. The normalized spacial score (nSPS) is 13.6. The molecule has 0 bridgehead atoms. The zero-order valence-corrected chi connectivity index (χ0v) is 12.9. The molecule has 0 fully saturated rings. The van der Waals surface area contributed by atoms with Crippen molar-refractivity contribution < 1.29 is 13.2 Å². The standard InChI is InChI=1S/C16H24F3N/c1-6-7-20-14(9-16(17,18)19)15-12(4)10(2)8-11(3)13(15)5/h8,14,20H,6-7,9H2,1-5H3. The van der Waals surface area contributed by atoms with Gasteiger partial charge in [-0.05, 0) is 68.5 Å². The number of benzene rings is 1. The van der Waals surface area contributed by atoms with Crippen molar-refractivity contribution in [2.24, 2.45) is 0 Å². The van der Waals surface area contributed by atoms with Gasteiger partial charge in [0.15, 0.2) is 0 Å². The Morgan fingerprint density at radius 3 is 1.95 bits per heavy atom. The lowest BCUT2D eigenvalue weighted by Gasteiger charge is -2.26. The summed E-state index contributed by atoms with van der Waals surface area (Å²) in [6.07, 6.45) is -4.17. The molecular formula is C16H24F3N. The van der Waals surface area contributed by atoms with Crippen LogP contribution in [0.2, 0.25) is 0 Å². The second-order valence-corrected chi connectivity index (χ2v) is 5.50. The van der Waals surface area contributed by atoms with Crippen LogP contribution in [0.1, 0.15) is 53.6 Å². The number of halogens is 3. The Morgan fingerprint density at radius 1 is 1.05 bits per heavy atom. The zero-order chi connectivity index (χ0) is 15.5. The molecule has 0 amide bonds. The molecule has 0 saturated heterocycles. The minimum Gasteiger partial charge on any atom is -0.310 e. The maximum absolute atomic E-state index is 12.8. The van der Waals surface area contributed by atoms with Crippen molar-refractivity contribution in [2.75, 3.05) is 6.54 Å². The lowest BCUT2D eigenvalue weighted by Crippen LogP contribution is -2.29. The fraction of sp³-hybridized carbons (Fsp3) is 0.625. The molecule has 1 aromatic rings. The summed E-state index contributed by atoms with van der Waals surface area (Å²) in [5, 5.41) is 3.06. The predicted molar refractivity (Wildman–Crippen MR) is 77.1 cm³/mol. The third-order valence-corrected chi connectivity index (χ3v) is 3.85. The molecule has 0 heterocycles. The van der Waals surface area contributed by atoms with Crippen molar-refractivity contribution in [1.29, 1.82) is 0 Å². The highest BCUT2D eigenvalue weighted by Crippen LogP contribution is 2.34. The van der Waals surface area contributed by atoms with Crippen LogP contribution >= 0.6 is 0 Å². The first kappa shape index (κ1) is 17.0. The molecule has 1 rings (SSSR count). The van der Waals surface area contributed by atoms with Crippen molar-refractivity contribution in [1.82, 2.24) is 5.32 Å². The molecule has 1 unspecified atom stereocenters.